The number of likely N-dealkylation sites (N-methyl/N-ethyl adjacent to an activating group) is 1. The highest BCUT2D eigenvalue weighted by atomic mass is 16.5. The lowest BCUT2D eigenvalue weighted by Gasteiger charge is -2.31. The summed E-state index contributed by atoms with van der Waals surface area (Å²) >= 11 is 0. The largest absolute Gasteiger partial charge is 0.378 e. The molecule has 1 aliphatic heterocycles. The summed E-state index contributed by atoms with van der Waals surface area (Å²) in [6.07, 6.45) is 0. The summed E-state index contributed by atoms with van der Waals surface area (Å²) in [5, 5.41) is 2.71. The minimum Gasteiger partial charge on any atom is -0.378 e. The van der Waals surface area contributed by atoms with Crippen LogP contribution in [-0.2, 0) is 16.1 Å². The van der Waals surface area contributed by atoms with Crippen molar-refractivity contribution in [2.24, 2.45) is 0 Å². The van der Waals surface area contributed by atoms with E-state index in [1.807, 2.05) is 43.3 Å². The Morgan fingerprint density at radius 1 is 1.11 bits per heavy atom. The molecule has 6 nitrogen and oxygen atoms in total. The Kier molecular flexibility index (Phi) is 6.66. The summed E-state index contributed by atoms with van der Waals surface area (Å²) in [5.41, 5.74) is 3.79. The van der Waals surface area contributed by atoms with E-state index in [1.54, 1.807) is 18.0 Å². The molecule has 1 fully saturated rings. The van der Waals surface area contributed by atoms with Crippen LogP contribution in [0, 0.1) is 6.92 Å². The normalized spacial score (nSPS) is 13.9. The van der Waals surface area contributed by atoms with Crippen LogP contribution in [0.25, 0.3) is 0 Å². The molecule has 0 radical (unpaired) electrons. The molecule has 148 valence electrons. The first kappa shape index (κ1) is 19.9. The van der Waals surface area contributed by atoms with Crippen LogP contribution >= 0.6 is 0 Å². The Morgan fingerprint density at radius 2 is 1.86 bits per heavy atom. The van der Waals surface area contributed by atoms with Crippen molar-refractivity contribution in [1.29, 1.82) is 0 Å². The second-order valence-electron chi connectivity index (χ2n) is 7.03. The third-order valence-electron chi connectivity index (χ3n) is 4.86. The molecule has 1 N–H and O–H groups in total. The summed E-state index contributed by atoms with van der Waals surface area (Å²) < 4.78 is 5.43. The van der Waals surface area contributed by atoms with Gasteiger partial charge in [0.15, 0.2) is 0 Å². The van der Waals surface area contributed by atoms with E-state index in [0.717, 1.165) is 29.9 Å². The number of ether oxygens (including phenoxy) is 1. The zero-order valence-corrected chi connectivity index (χ0v) is 16.5. The maximum Gasteiger partial charge on any atom is 0.251 e. The number of morpholine rings is 1. The second kappa shape index (κ2) is 9.37. The average molecular weight is 381 g/mol. The lowest BCUT2D eigenvalue weighted by atomic mass is 10.1. The molecule has 6 heteroatoms. The van der Waals surface area contributed by atoms with Gasteiger partial charge in [-0.1, -0.05) is 35.9 Å². The van der Waals surface area contributed by atoms with E-state index in [0.29, 0.717) is 25.3 Å². The van der Waals surface area contributed by atoms with E-state index in [1.165, 1.54) is 0 Å². The Bertz CT molecular complexity index is 831. The number of benzene rings is 2. The molecule has 0 aliphatic carbocycles. The van der Waals surface area contributed by atoms with Gasteiger partial charge in [-0.05, 0) is 30.7 Å². The Morgan fingerprint density at radius 3 is 2.61 bits per heavy atom. The van der Waals surface area contributed by atoms with Crippen LogP contribution in [0.2, 0.25) is 0 Å². The van der Waals surface area contributed by atoms with Crippen molar-refractivity contribution in [2.45, 2.75) is 13.5 Å². The minimum atomic E-state index is -0.237. The zero-order chi connectivity index (χ0) is 19.9. The van der Waals surface area contributed by atoms with Gasteiger partial charge in [0.05, 0.1) is 19.8 Å². The van der Waals surface area contributed by atoms with Crippen molar-refractivity contribution in [3.05, 3.63) is 65.2 Å². The van der Waals surface area contributed by atoms with Gasteiger partial charge in [0.1, 0.15) is 0 Å². The van der Waals surface area contributed by atoms with Crippen LogP contribution in [-0.4, -0.2) is 56.6 Å². The number of nitrogens with one attached hydrogen (secondary N) is 1. The molecule has 1 heterocycles. The summed E-state index contributed by atoms with van der Waals surface area (Å²) in [6.45, 7) is 5.53. The summed E-state index contributed by atoms with van der Waals surface area (Å²) in [6, 6.07) is 15.4. The molecule has 0 bridgehead atoms. The quantitative estimate of drug-likeness (QED) is 0.834. The number of anilines is 1. The van der Waals surface area contributed by atoms with Gasteiger partial charge in [0, 0.05) is 37.9 Å². The number of carbonyl (C=O) groups is 2. The number of aryl methyl sites for hydroxylation is 1. The fraction of sp³-hybridized carbons (Fsp3) is 0.364. The molecule has 2 amide bonds. The molecule has 3 rings (SSSR count). The van der Waals surface area contributed by atoms with E-state index in [9.17, 15) is 9.59 Å². The van der Waals surface area contributed by atoms with Gasteiger partial charge in [-0.25, -0.2) is 0 Å². The second-order valence-corrected chi connectivity index (χ2v) is 7.03. The van der Waals surface area contributed by atoms with Gasteiger partial charge in [0.2, 0.25) is 5.91 Å². The highest BCUT2D eigenvalue weighted by molar-refractivity contribution is 5.96. The van der Waals surface area contributed by atoms with Crippen LogP contribution in [0.1, 0.15) is 21.5 Å². The Labute approximate surface area is 166 Å². The van der Waals surface area contributed by atoms with Gasteiger partial charge < -0.3 is 19.9 Å². The molecule has 0 unspecified atom stereocenters. The number of nitrogens with zero attached hydrogens (tertiary/aromatic N) is 2. The first-order chi connectivity index (χ1) is 13.5. The number of hydrogen-bond donors (Lipinski definition) is 1. The molecule has 2 aromatic rings. The first-order valence-electron chi connectivity index (χ1n) is 9.54. The van der Waals surface area contributed by atoms with Crippen LogP contribution in [0.4, 0.5) is 5.69 Å². The van der Waals surface area contributed by atoms with Crippen LogP contribution in [0.15, 0.2) is 48.5 Å². The van der Waals surface area contributed by atoms with Gasteiger partial charge >= 0.3 is 0 Å². The van der Waals surface area contributed by atoms with Crippen LogP contribution in [0.5, 0.6) is 0 Å². The summed E-state index contributed by atoms with van der Waals surface area (Å²) in [4.78, 5) is 28.7. The summed E-state index contributed by atoms with van der Waals surface area (Å²) in [7, 11) is 1.76. The van der Waals surface area contributed by atoms with Gasteiger partial charge in [-0.3, -0.25) is 9.59 Å². The molecule has 0 atom stereocenters. The van der Waals surface area contributed by atoms with Gasteiger partial charge in [-0.15, -0.1) is 0 Å². The predicted octanol–water partition coefficient (Wildman–Crippen LogP) is 2.22. The first-order valence-corrected chi connectivity index (χ1v) is 9.54. The van der Waals surface area contributed by atoms with Crippen molar-refractivity contribution in [3.63, 3.8) is 0 Å². The molecule has 2 aromatic carbocycles. The third kappa shape index (κ3) is 5.10. The van der Waals surface area contributed by atoms with Gasteiger partial charge in [-0.2, -0.15) is 0 Å². The van der Waals surface area contributed by atoms with Crippen molar-refractivity contribution < 1.29 is 14.3 Å². The fourth-order valence-electron chi connectivity index (χ4n) is 3.28. The van der Waals surface area contributed by atoms with E-state index in [-0.39, 0.29) is 18.4 Å². The number of hydrogen-bond acceptors (Lipinski definition) is 4. The summed E-state index contributed by atoms with van der Waals surface area (Å²) in [5.74, 6) is -0.364. The van der Waals surface area contributed by atoms with Crippen molar-refractivity contribution in [2.75, 3.05) is 44.8 Å². The Balaban J connectivity index is 1.58. The highest BCUT2D eigenvalue weighted by Crippen LogP contribution is 2.22. The van der Waals surface area contributed by atoms with Gasteiger partial charge in [0.25, 0.3) is 5.91 Å². The molecule has 1 saturated heterocycles. The minimum absolute atomic E-state index is 0.0248. The predicted molar refractivity (Wildman–Crippen MR) is 109 cm³/mol. The fourth-order valence-corrected chi connectivity index (χ4v) is 3.28. The monoisotopic (exact) mass is 381 g/mol. The highest BCUT2D eigenvalue weighted by Gasteiger charge is 2.17. The van der Waals surface area contributed by atoms with Crippen molar-refractivity contribution >= 4 is 17.5 Å². The molecule has 28 heavy (non-hydrogen) atoms. The van der Waals surface area contributed by atoms with E-state index < -0.39 is 0 Å². The molecule has 0 spiro atoms. The van der Waals surface area contributed by atoms with E-state index in [2.05, 4.69) is 16.3 Å². The number of para-hydroxylation sites is 1. The molecular formula is C22H27N3O3. The SMILES string of the molecule is Cc1cccc(C(=O)NCC(=O)N(C)Cc2ccccc2N2CCOCC2)c1. The van der Waals surface area contributed by atoms with Crippen molar-refractivity contribution in [3.8, 4) is 0 Å². The van der Waals surface area contributed by atoms with E-state index in [4.69, 9.17) is 4.74 Å². The molecule has 1 aliphatic rings. The molecule has 0 saturated carbocycles. The average Bonchev–Trinajstić information content (AvgIpc) is 2.72. The zero-order valence-electron chi connectivity index (χ0n) is 16.5. The maximum atomic E-state index is 12.5. The maximum absolute atomic E-state index is 12.5. The third-order valence-corrected chi connectivity index (χ3v) is 4.86. The van der Waals surface area contributed by atoms with Crippen LogP contribution in [0.3, 0.4) is 0 Å². The standard InChI is InChI=1S/C22H27N3O3/c1-17-6-5-8-18(14-17)22(27)23-15-21(26)24(2)16-19-7-3-4-9-20(19)25-10-12-28-13-11-25/h3-9,14H,10-13,15-16H2,1-2H3,(H,23,27). The van der Waals surface area contributed by atoms with Crippen LogP contribution < -0.4 is 10.2 Å². The lowest BCUT2D eigenvalue weighted by molar-refractivity contribution is -0.129. The number of amides is 2. The number of rotatable bonds is 6. The topological polar surface area (TPSA) is 61.9 Å². The Hall–Kier alpha value is -2.86. The smallest absolute Gasteiger partial charge is 0.251 e. The lowest BCUT2D eigenvalue weighted by Crippen LogP contribution is -2.39. The molecular weight excluding hydrogens is 354 g/mol. The van der Waals surface area contributed by atoms with E-state index >= 15 is 0 Å². The number of carbonyl (C=O) groups excluding carboxylic acids is 2. The van der Waals surface area contributed by atoms with Crippen molar-refractivity contribution in [1.82, 2.24) is 10.2 Å². The molecule has 0 aromatic heterocycles.